The van der Waals surface area contributed by atoms with E-state index in [4.69, 9.17) is 0 Å². The van der Waals surface area contributed by atoms with Crippen LogP contribution in [0.5, 0.6) is 0 Å². The summed E-state index contributed by atoms with van der Waals surface area (Å²) >= 11 is 0. The summed E-state index contributed by atoms with van der Waals surface area (Å²) in [5, 5.41) is 27.0. The molecule has 0 spiro atoms. The number of β-amino-alcohol motifs (C(OH)–C–C–N with tert-alkyl or cyclic N) is 1. The van der Waals surface area contributed by atoms with Gasteiger partial charge in [0.25, 0.3) is 5.91 Å². The van der Waals surface area contributed by atoms with Crippen LogP contribution in [0.25, 0.3) is 16.8 Å². The Morgan fingerprint density at radius 3 is 2.48 bits per heavy atom. The zero-order valence-electron chi connectivity index (χ0n) is 14.7. The highest BCUT2D eigenvalue weighted by Gasteiger charge is 2.37. The number of hydrogen-bond donors (Lipinski definition) is 2. The third-order valence-electron chi connectivity index (χ3n) is 4.94. The molecule has 1 aliphatic rings. The Balaban J connectivity index is 1.53. The molecule has 1 fully saturated rings. The van der Waals surface area contributed by atoms with E-state index >= 15 is 0 Å². The number of nitrogens with zero attached hydrogens (tertiary/aromatic N) is 4. The number of amides is 1. The Labute approximate surface area is 156 Å². The second kappa shape index (κ2) is 6.94. The van der Waals surface area contributed by atoms with Crippen molar-refractivity contribution in [1.82, 2.24) is 19.7 Å². The minimum atomic E-state index is -1.18. The zero-order valence-corrected chi connectivity index (χ0v) is 14.7. The normalized spacial score (nSPS) is 19.4. The molecule has 1 saturated heterocycles. The third-order valence-corrected chi connectivity index (χ3v) is 4.94. The van der Waals surface area contributed by atoms with Gasteiger partial charge >= 0.3 is 0 Å². The number of carbonyl (C=O) groups is 1. The van der Waals surface area contributed by atoms with Crippen molar-refractivity contribution >= 4 is 5.91 Å². The number of aliphatic hydroxyl groups excluding tert-OH is 1. The van der Waals surface area contributed by atoms with Crippen LogP contribution in [-0.2, 0) is 0 Å². The van der Waals surface area contributed by atoms with Gasteiger partial charge in [0, 0.05) is 17.8 Å². The summed E-state index contributed by atoms with van der Waals surface area (Å²) in [6.45, 7) is 0.266. The van der Waals surface area contributed by atoms with Crippen LogP contribution in [0.1, 0.15) is 16.8 Å². The third kappa shape index (κ3) is 3.47. The summed E-state index contributed by atoms with van der Waals surface area (Å²) in [5.41, 5.74) is 2.36. The van der Waals surface area contributed by atoms with Crippen LogP contribution < -0.4 is 0 Å². The maximum absolute atomic E-state index is 12.6. The van der Waals surface area contributed by atoms with E-state index in [1.165, 1.54) is 0 Å². The fraction of sp³-hybridized carbons (Fsp3) is 0.250. The average molecular weight is 364 g/mol. The van der Waals surface area contributed by atoms with E-state index in [1.54, 1.807) is 29.7 Å². The summed E-state index contributed by atoms with van der Waals surface area (Å²) in [6.07, 6.45) is 3.68. The molecule has 0 saturated carbocycles. The van der Waals surface area contributed by atoms with E-state index in [9.17, 15) is 15.0 Å². The first kappa shape index (κ1) is 17.4. The van der Waals surface area contributed by atoms with E-state index in [-0.39, 0.29) is 19.1 Å². The number of likely N-dealkylation sites (tertiary alicyclic amines) is 1. The lowest BCUT2D eigenvalue weighted by molar-refractivity contribution is -0.00455. The predicted molar refractivity (Wildman–Crippen MR) is 99.4 cm³/mol. The van der Waals surface area contributed by atoms with Gasteiger partial charge in [-0.1, -0.05) is 24.3 Å². The zero-order chi connectivity index (χ0) is 18.9. The molecule has 0 aliphatic carbocycles. The monoisotopic (exact) mass is 364 g/mol. The van der Waals surface area contributed by atoms with Gasteiger partial charge in [-0.2, -0.15) is 0 Å². The Hall–Kier alpha value is -3.03. The highest BCUT2D eigenvalue weighted by Crippen LogP contribution is 2.25. The average Bonchev–Trinajstić information content (AvgIpc) is 3.38. The summed E-state index contributed by atoms with van der Waals surface area (Å²) in [5.74, 6) is -0.135. The van der Waals surface area contributed by atoms with Crippen LogP contribution in [0.3, 0.4) is 0 Å². The molecule has 0 unspecified atom stereocenters. The molecule has 4 rings (SSSR count). The summed E-state index contributed by atoms with van der Waals surface area (Å²) < 4.78 is 1.83. The van der Waals surface area contributed by atoms with E-state index in [1.807, 2.05) is 41.0 Å². The molecule has 7 nitrogen and oxygen atoms in total. The van der Waals surface area contributed by atoms with Crippen molar-refractivity contribution in [3.8, 4) is 16.8 Å². The van der Waals surface area contributed by atoms with E-state index in [0.717, 1.165) is 16.8 Å². The van der Waals surface area contributed by atoms with Crippen molar-refractivity contribution in [3.05, 3.63) is 66.7 Å². The minimum Gasteiger partial charge on any atom is -0.393 e. The highest BCUT2D eigenvalue weighted by molar-refractivity contribution is 5.95. The van der Waals surface area contributed by atoms with Gasteiger partial charge in [-0.15, -0.1) is 10.2 Å². The molecule has 27 heavy (non-hydrogen) atoms. The Kier molecular flexibility index (Phi) is 4.47. The summed E-state index contributed by atoms with van der Waals surface area (Å²) in [7, 11) is 0. The Bertz CT molecular complexity index is 940. The van der Waals surface area contributed by atoms with E-state index in [2.05, 4.69) is 10.2 Å². The molecule has 0 radical (unpaired) electrons. The Morgan fingerprint density at radius 2 is 1.81 bits per heavy atom. The second-order valence-electron chi connectivity index (χ2n) is 6.86. The first-order chi connectivity index (χ1) is 13.1. The van der Waals surface area contributed by atoms with E-state index < -0.39 is 5.60 Å². The standard InChI is InChI=1S/C20H20N4O3/c25-12-20(27)8-9-23(11-20)19(26)16-6-4-15(5-7-16)17-2-1-3-18(10-17)24-13-21-22-14-24/h1-7,10,13-14,25,27H,8-9,11-12H2/t20-/m0/s1. The SMILES string of the molecule is O=C(c1ccc(-c2cccc(-n3cnnc3)c2)cc1)N1CC[C@@](O)(CO)C1. The molecule has 2 aromatic carbocycles. The molecular formula is C20H20N4O3. The number of aliphatic hydroxyl groups is 2. The smallest absolute Gasteiger partial charge is 0.253 e. The van der Waals surface area contributed by atoms with Crippen LogP contribution in [-0.4, -0.2) is 61.1 Å². The van der Waals surface area contributed by atoms with Crippen LogP contribution >= 0.6 is 0 Å². The van der Waals surface area contributed by atoms with Crippen molar-refractivity contribution in [2.75, 3.05) is 19.7 Å². The molecule has 3 aromatic rings. The van der Waals surface area contributed by atoms with Gasteiger partial charge in [-0.05, 0) is 41.8 Å². The molecule has 2 heterocycles. The topological polar surface area (TPSA) is 91.5 Å². The molecule has 2 N–H and O–H groups in total. The van der Waals surface area contributed by atoms with Gasteiger partial charge in [0.05, 0.1) is 13.2 Å². The first-order valence-corrected chi connectivity index (χ1v) is 8.76. The van der Waals surface area contributed by atoms with Crippen LogP contribution in [0.4, 0.5) is 0 Å². The molecule has 1 amide bonds. The maximum Gasteiger partial charge on any atom is 0.253 e. The van der Waals surface area contributed by atoms with Crippen LogP contribution in [0, 0.1) is 0 Å². The maximum atomic E-state index is 12.6. The lowest BCUT2D eigenvalue weighted by atomic mass is 10.0. The molecule has 1 aliphatic heterocycles. The summed E-state index contributed by atoms with van der Waals surface area (Å²) in [6, 6.07) is 15.4. The Morgan fingerprint density at radius 1 is 1.07 bits per heavy atom. The van der Waals surface area contributed by atoms with Gasteiger partial charge in [-0.3, -0.25) is 9.36 Å². The number of benzene rings is 2. The molecule has 0 bridgehead atoms. The number of rotatable bonds is 4. The van der Waals surface area contributed by atoms with Crippen molar-refractivity contribution in [3.63, 3.8) is 0 Å². The van der Waals surface area contributed by atoms with Crippen molar-refractivity contribution in [2.24, 2.45) is 0 Å². The molecule has 1 atom stereocenters. The first-order valence-electron chi connectivity index (χ1n) is 8.76. The van der Waals surface area contributed by atoms with E-state index in [0.29, 0.717) is 18.5 Å². The van der Waals surface area contributed by atoms with Gasteiger partial charge < -0.3 is 15.1 Å². The molecular weight excluding hydrogens is 344 g/mol. The molecule has 1 aromatic heterocycles. The number of aromatic nitrogens is 3. The van der Waals surface area contributed by atoms with Gasteiger partial charge in [0.15, 0.2) is 0 Å². The summed E-state index contributed by atoms with van der Waals surface area (Å²) in [4.78, 5) is 14.2. The molecule has 7 heteroatoms. The fourth-order valence-corrected chi connectivity index (χ4v) is 3.33. The fourth-order valence-electron chi connectivity index (χ4n) is 3.33. The lowest BCUT2D eigenvalue weighted by Gasteiger charge is -2.21. The lowest BCUT2D eigenvalue weighted by Crippen LogP contribution is -2.38. The van der Waals surface area contributed by atoms with Crippen molar-refractivity contribution in [1.29, 1.82) is 0 Å². The quantitative estimate of drug-likeness (QED) is 0.732. The van der Waals surface area contributed by atoms with Gasteiger partial charge in [0.2, 0.25) is 0 Å². The van der Waals surface area contributed by atoms with Crippen LogP contribution in [0.15, 0.2) is 61.2 Å². The van der Waals surface area contributed by atoms with Crippen LogP contribution in [0.2, 0.25) is 0 Å². The largest absolute Gasteiger partial charge is 0.393 e. The highest BCUT2D eigenvalue weighted by atomic mass is 16.3. The van der Waals surface area contributed by atoms with Crippen molar-refractivity contribution in [2.45, 2.75) is 12.0 Å². The molecule has 138 valence electrons. The van der Waals surface area contributed by atoms with Gasteiger partial charge in [-0.25, -0.2) is 0 Å². The number of carbonyl (C=O) groups excluding carboxylic acids is 1. The van der Waals surface area contributed by atoms with Crippen molar-refractivity contribution < 1.29 is 15.0 Å². The predicted octanol–water partition coefficient (Wildman–Crippen LogP) is 1.50. The van der Waals surface area contributed by atoms with Gasteiger partial charge in [0.1, 0.15) is 18.3 Å². The second-order valence-corrected chi connectivity index (χ2v) is 6.86. The number of hydrogen-bond acceptors (Lipinski definition) is 5. The minimum absolute atomic E-state index is 0.135.